The van der Waals surface area contributed by atoms with Crippen molar-refractivity contribution in [3.8, 4) is 0 Å². The molecule has 0 aromatic carbocycles. The predicted octanol–water partition coefficient (Wildman–Crippen LogP) is 1.53. The van der Waals surface area contributed by atoms with Gasteiger partial charge in [0.05, 0.1) is 12.7 Å². The molecule has 5 nitrogen and oxygen atoms in total. The number of rotatable bonds is 8. The van der Waals surface area contributed by atoms with Gasteiger partial charge in [0, 0.05) is 44.5 Å². The van der Waals surface area contributed by atoms with Crippen molar-refractivity contribution < 1.29 is 4.74 Å². The second kappa shape index (κ2) is 8.51. The minimum absolute atomic E-state index is 0.252. The Hall–Kier alpha value is -0.910. The van der Waals surface area contributed by atoms with Crippen molar-refractivity contribution in [2.45, 2.75) is 51.8 Å². The number of likely N-dealkylation sites (N-methyl/N-ethyl adjacent to an activating group) is 1. The van der Waals surface area contributed by atoms with Gasteiger partial charge >= 0.3 is 0 Å². The zero-order chi connectivity index (χ0) is 15.1. The third kappa shape index (κ3) is 4.80. The zero-order valence-corrected chi connectivity index (χ0v) is 13.7. The van der Waals surface area contributed by atoms with Crippen LogP contribution < -0.4 is 5.32 Å². The molecule has 0 spiro atoms. The zero-order valence-electron chi connectivity index (χ0n) is 13.7. The summed E-state index contributed by atoms with van der Waals surface area (Å²) in [6.45, 7) is 9.34. The lowest BCUT2D eigenvalue weighted by Gasteiger charge is -2.35. The van der Waals surface area contributed by atoms with E-state index in [2.05, 4.69) is 46.9 Å². The van der Waals surface area contributed by atoms with Crippen LogP contribution in [-0.4, -0.2) is 59.9 Å². The summed E-state index contributed by atoms with van der Waals surface area (Å²) >= 11 is 0. The van der Waals surface area contributed by atoms with Crippen molar-refractivity contribution in [2.75, 3.05) is 33.3 Å². The Morgan fingerprint density at radius 2 is 2.29 bits per heavy atom. The molecule has 2 rings (SSSR count). The molecule has 2 unspecified atom stereocenters. The fourth-order valence-electron chi connectivity index (χ4n) is 2.89. The first-order chi connectivity index (χ1) is 10.2. The first-order valence-electron chi connectivity index (χ1n) is 8.28. The van der Waals surface area contributed by atoms with Crippen molar-refractivity contribution in [3.05, 3.63) is 18.2 Å². The summed E-state index contributed by atoms with van der Waals surface area (Å²) in [4.78, 5) is 6.90. The number of nitrogens with zero attached hydrogens (tertiary/aromatic N) is 3. The average molecular weight is 294 g/mol. The van der Waals surface area contributed by atoms with Gasteiger partial charge in [-0.2, -0.15) is 0 Å². The fourth-order valence-corrected chi connectivity index (χ4v) is 2.89. The summed E-state index contributed by atoms with van der Waals surface area (Å²) in [5, 5.41) is 3.66. The molecule has 1 aliphatic heterocycles. The summed E-state index contributed by atoms with van der Waals surface area (Å²) in [5.41, 5.74) is 0. The molecule has 2 atom stereocenters. The van der Waals surface area contributed by atoms with Crippen LogP contribution in [0.3, 0.4) is 0 Å². The molecule has 21 heavy (non-hydrogen) atoms. The Morgan fingerprint density at radius 1 is 1.43 bits per heavy atom. The molecule has 1 fully saturated rings. The topological polar surface area (TPSA) is 42.3 Å². The summed E-state index contributed by atoms with van der Waals surface area (Å²) in [7, 11) is 2.17. The SMILES string of the molecule is CCCNC(Cc1nccn1CCC)C1CN(C)CCO1. The van der Waals surface area contributed by atoms with E-state index in [4.69, 9.17) is 4.74 Å². The van der Waals surface area contributed by atoms with Gasteiger partial charge in [0.2, 0.25) is 0 Å². The van der Waals surface area contributed by atoms with Crippen molar-refractivity contribution >= 4 is 0 Å². The van der Waals surface area contributed by atoms with Gasteiger partial charge in [0.1, 0.15) is 5.82 Å². The number of nitrogens with one attached hydrogen (secondary N) is 1. The highest BCUT2D eigenvalue weighted by Gasteiger charge is 2.27. The second-order valence-corrected chi connectivity index (χ2v) is 5.97. The highest BCUT2D eigenvalue weighted by atomic mass is 16.5. The van der Waals surface area contributed by atoms with Gasteiger partial charge in [-0.15, -0.1) is 0 Å². The van der Waals surface area contributed by atoms with Crippen LogP contribution in [0.1, 0.15) is 32.5 Å². The van der Waals surface area contributed by atoms with Crippen molar-refractivity contribution in [1.82, 2.24) is 19.8 Å². The van der Waals surface area contributed by atoms with Crippen molar-refractivity contribution in [1.29, 1.82) is 0 Å². The molecule has 1 aliphatic rings. The number of aromatic nitrogens is 2. The average Bonchev–Trinajstić information content (AvgIpc) is 2.91. The van der Waals surface area contributed by atoms with E-state index in [1.54, 1.807) is 0 Å². The smallest absolute Gasteiger partial charge is 0.110 e. The van der Waals surface area contributed by atoms with Crippen LogP contribution in [0, 0.1) is 0 Å². The summed E-state index contributed by atoms with van der Waals surface area (Å²) < 4.78 is 8.29. The van der Waals surface area contributed by atoms with Crippen LogP contribution in [0.4, 0.5) is 0 Å². The van der Waals surface area contributed by atoms with Crippen LogP contribution in [0.2, 0.25) is 0 Å². The number of hydrogen-bond donors (Lipinski definition) is 1. The lowest BCUT2D eigenvalue weighted by Crippen LogP contribution is -2.52. The van der Waals surface area contributed by atoms with Gasteiger partial charge < -0.3 is 19.5 Å². The van der Waals surface area contributed by atoms with Gasteiger partial charge in [-0.05, 0) is 26.4 Å². The van der Waals surface area contributed by atoms with Crippen LogP contribution in [-0.2, 0) is 17.7 Å². The van der Waals surface area contributed by atoms with Gasteiger partial charge in [0.15, 0.2) is 0 Å². The van der Waals surface area contributed by atoms with Crippen LogP contribution in [0.15, 0.2) is 12.4 Å². The molecule has 5 heteroatoms. The number of imidazole rings is 1. The van der Waals surface area contributed by atoms with Crippen molar-refractivity contribution in [2.24, 2.45) is 0 Å². The Bertz CT molecular complexity index is 407. The molecule has 1 N–H and O–H groups in total. The molecule has 0 amide bonds. The molecular formula is C16H30N4O. The van der Waals surface area contributed by atoms with E-state index in [-0.39, 0.29) is 6.10 Å². The third-order valence-corrected chi connectivity index (χ3v) is 4.07. The molecule has 0 bridgehead atoms. The van der Waals surface area contributed by atoms with Gasteiger partial charge in [-0.1, -0.05) is 13.8 Å². The maximum atomic E-state index is 6.01. The van der Waals surface area contributed by atoms with E-state index in [9.17, 15) is 0 Å². The lowest BCUT2D eigenvalue weighted by atomic mass is 10.0. The Kier molecular flexibility index (Phi) is 6.67. The van der Waals surface area contributed by atoms with E-state index in [1.807, 2.05) is 6.20 Å². The first kappa shape index (κ1) is 16.5. The number of morpholine rings is 1. The van der Waals surface area contributed by atoms with Gasteiger partial charge in [0.25, 0.3) is 0 Å². The van der Waals surface area contributed by atoms with Gasteiger partial charge in [-0.25, -0.2) is 4.98 Å². The standard InChI is InChI=1S/C16H30N4O/c1-4-6-17-14(15-13-19(3)10-11-21-15)12-16-18-7-9-20(16)8-5-2/h7,9,14-15,17H,4-6,8,10-13H2,1-3H3. The molecular weight excluding hydrogens is 264 g/mol. The monoisotopic (exact) mass is 294 g/mol. The highest BCUT2D eigenvalue weighted by Crippen LogP contribution is 2.13. The summed E-state index contributed by atoms with van der Waals surface area (Å²) in [6.07, 6.45) is 7.47. The van der Waals surface area contributed by atoms with Crippen molar-refractivity contribution in [3.63, 3.8) is 0 Å². The molecule has 1 aromatic rings. The highest BCUT2D eigenvalue weighted by molar-refractivity contribution is 4.98. The fraction of sp³-hybridized carbons (Fsp3) is 0.812. The number of ether oxygens (including phenoxy) is 1. The van der Waals surface area contributed by atoms with E-state index < -0.39 is 0 Å². The Balaban J connectivity index is 2.02. The molecule has 0 saturated carbocycles. The Labute approximate surface area is 128 Å². The minimum atomic E-state index is 0.252. The molecule has 2 heterocycles. The number of hydrogen-bond acceptors (Lipinski definition) is 4. The van der Waals surface area contributed by atoms with Gasteiger partial charge in [-0.3, -0.25) is 0 Å². The quantitative estimate of drug-likeness (QED) is 0.790. The maximum absolute atomic E-state index is 6.01. The van der Waals surface area contributed by atoms with Crippen LogP contribution in [0.25, 0.3) is 0 Å². The Morgan fingerprint density at radius 3 is 3.00 bits per heavy atom. The molecule has 1 aromatic heterocycles. The maximum Gasteiger partial charge on any atom is 0.110 e. The van der Waals surface area contributed by atoms with E-state index >= 15 is 0 Å². The normalized spacial score (nSPS) is 21.6. The van der Waals surface area contributed by atoms with E-state index in [1.165, 1.54) is 5.82 Å². The summed E-state index contributed by atoms with van der Waals surface area (Å²) in [6, 6.07) is 0.339. The molecule has 0 aliphatic carbocycles. The van der Waals surface area contributed by atoms with Crippen LogP contribution in [0.5, 0.6) is 0 Å². The molecule has 0 radical (unpaired) electrons. The lowest BCUT2D eigenvalue weighted by molar-refractivity contribution is -0.0387. The van der Waals surface area contributed by atoms with E-state index in [0.29, 0.717) is 6.04 Å². The first-order valence-corrected chi connectivity index (χ1v) is 8.28. The molecule has 1 saturated heterocycles. The third-order valence-electron chi connectivity index (χ3n) is 4.07. The number of aryl methyl sites for hydroxylation is 1. The summed E-state index contributed by atoms with van der Waals surface area (Å²) in [5.74, 6) is 1.17. The van der Waals surface area contributed by atoms with E-state index in [0.717, 1.165) is 52.0 Å². The molecule has 120 valence electrons. The largest absolute Gasteiger partial charge is 0.374 e. The second-order valence-electron chi connectivity index (χ2n) is 5.97. The minimum Gasteiger partial charge on any atom is -0.374 e. The predicted molar refractivity (Wildman–Crippen MR) is 85.5 cm³/mol. The van der Waals surface area contributed by atoms with Crippen LogP contribution >= 0.6 is 0 Å².